The third kappa shape index (κ3) is 4.87. The van der Waals surface area contributed by atoms with Crippen LogP contribution in [-0.2, 0) is 6.42 Å². The summed E-state index contributed by atoms with van der Waals surface area (Å²) in [6.07, 6.45) is 2.11. The number of hydrogen-bond acceptors (Lipinski definition) is 5. The van der Waals surface area contributed by atoms with Crippen molar-refractivity contribution in [2.45, 2.75) is 26.7 Å². The van der Waals surface area contributed by atoms with Crippen LogP contribution in [0.3, 0.4) is 0 Å². The normalized spacial score (nSPS) is 11.4. The van der Waals surface area contributed by atoms with E-state index in [2.05, 4.69) is 67.3 Å². The quantitative estimate of drug-likeness (QED) is 0.620. The molecule has 0 radical (unpaired) electrons. The molecule has 0 fully saturated rings. The van der Waals surface area contributed by atoms with Gasteiger partial charge in [-0.3, -0.25) is 0 Å². The first-order chi connectivity index (χ1) is 9.56. The molecule has 0 amide bonds. The van der Waals surface area contributed by atoms with Crippen LogP contribution in [0, 0.1) is 5.92 Å². The van der Waals surface area contributed by atoms with Crippen LogP contribution in [0.2, 0.25) is 0 Å². The molecule has 2 aromatic rings. The maximum atomic E-state index is 4.28. The molecule has 0 unspecified atom stereocenters. The molecule has 2 rings (SSSR count). The molecule has 0 bridgehead atoms. The van der Waals surface area contributed by atoms with Crippen molar-refractivity contribution >= 4 is 54.5 Å². The molecule has 0 saturated heterocycles. The molecule has 0 atom stereocenters. The van der Waals surface area contributed by atoms with E-state index in [1.165, 1.54) is 0 Å². The highest BCUT2D eigenvalue weighted by molar-refractivity contribution is 9.13. The van der Waals surface area contributed by atoms with Crippen molar-refractivity contribution in [2.24, 2.45) is 5.92 Å². The third-order valence-electron chi connectivity index (χ3n) is 2.62. The van der Waals surface area contributed by atoms with Crippen molar-refractivity contribution in [3.05, 3.63) is 19.3 Å². The van der Waals surface area contributed by atoms with E-state index in [1.54, 1.807) is 22.7 Å². The van der Waals surface area contributed by atoms with Gasteiger partial charge in [-0.25, -0.2) is 0 Å². The highest BCUT2D eigenvalue weighted by Gasteiger charge is 2.11. The van der Waals surface area contributed by atoms with E-state index in [0.717, 1.165) is 49.1 Å². The van der Waals surface area contributed by atoms with E-state index in [9.17, 15) is 0 Å². The van der Waals surface area contributed by atoms with E-state index < -0.39 is 0 Å². The molecule has 7 heteroatoms. The van der Waals surface area contributed by atoms with Crippen LogP contribution in [0.1, 0.15) is 25.3 Å². The number of halogens is 2. The summed E-state index contributed by atoms with van der Waals surface area (Å²) in [6, 6.07) is 2.09. The lowest BCUT2D eigenvalue weighted by atomic mass is 10.2. The van der Waals surface area contributed by atoms with Crippen LogP contribution >= 0.6 is 54.5 Å². The predicted molar refractivity (Wildman–Crippen MR) is 94.7 cm³/mol. The number of aromatic nitrogens is 2. The van der Waals surface area contributed by atoms with E-state index in [0.29, 0.717) is 5.92 Å². The van der Waals surface area contributed by atoms with Crippen molar-refractivity contribution in [1.82, 2.24) is 15.5 Å². The Labute approximate surface area is 144 Å². The molecule has 0 aliphatic carbocycles. The first-order valence-corrected chi connectivity index (χ1v) is 9.76. The smallest absolute Gasteiger partial charge is 0.157 e. The Kier molecular flexibility index (Phi) is 6.61. The summed E-state index contributed by atoms with van der Waals surface area (Å²) in [4.78, 5) is 1.16. The molecule has 0 saturated carbocycles. The fourth-order valence-electron chi connectivity index (χ4n) is 1.66. The Morgan fingerprint density at radius 1 is 1.25 bits per heavy atom. The SMILES string of the molecule is CC(C)CNCCCc1nnc(-c2cc(Br)c(Br)s2)s1. The van der Waals surface area contributed by atoms with Gasteiger partial charge in [0.1, 0.15) is 5.01 Å². The molecule has 2 aromatic heterocycles. The fourth-order valence-corrected chi connectivity index (χ4v) is 4.62. The predicted octanol–water partition coefficient (Wildman–Crippen LogP) is 4.97. The molecular formula is C13H17Br2N3S2. The summed E-state index contributed by atoms with van der Waals surface area (Å²) < 4.78 is 2.18. The van der Waals surface area contributed by atoms with Crippen LogP contribution in [-0.4, -0.2) is 23.3 Å². The van der Waals surface area contributed by atoms with E-state index in [4.69, 9.17) is 0 Å². The zero-order valence-corrected chi connectivity index (χ0v) is 16.3. The molecule has 1 N–H and O–H groups in total. The molecule has 3 nitrogen and oxygen atoms in total. The Hall–Kier alpha value is 0.180. The van der Waals surface area contributed by atoms with Gasteiger partial charge in [0.15, 0.2) is 5.01 Å². The van der Waals surface area contributed by atoms with E-state index in [1.807, 2.05) is 0 Å². The summed E-state index contributed by atoms with van der Waals surface area (Å²) in [5, 5.41) is 14.1. The third-order valence-corrected chi connectivity index (χ3v) is 7.03. The van der Waals surface area contributed by atoms with Crippen LogP contribution < -0.4 is 5.32 Å². The second kappa shape index (κ2) is 7.98. The second-order valence-corrected chi connectivity index (χ2v) is 9.22. The molecule has 0 spiro atoms. The lowest BCUT2D eigenvalue weighted by molar-refractivity contribution is 0.542. The standard InChI is InChI=1S/C13H17Br2N3S2/c1-8(2)7-16-5-3-4-11-17-18-13(20-11)10-6-9(14)12(15)19-10/h6,8,16H,3-5,7H2,1-2H3. The van der Waals surface area contributed by atoms with Gasteiger partial charge in [-0.2, -0.15) is 0 Å². The molecule has 110 valence electrons. The zero-order chi connectivity index (χ0) is 14.5. The number of rotatable bonds is 7. The van der Waals surface area contributed by atoms with Gasteiger partial charge < -0.3 is 5.32 Å². The van der Waals surface area contributed by atoms with Gasteiger partial charge in [0.2, 0.25) is 0 Å². The first kappa shape index (κ1) is 16.5. The van der Waals surface area contributed by atoms with Crippen molar-refractivity contribution in [3.8, 4) is 9.88 Å². The number of hydrogen-bond donors (Lipinski definition) is 1. The number of nitrogens with zero attached hydrogens (tertiary/aromatic N) is 2. The molecule has 0 aliphatic heterocycles. The summed E-state index contributed by atoms with van der Waals surface area (Å²) in [6.45, 7) is 6.57. The number of nitrogens with one attached hydrogen (secondary N) is 1. The van der Waals surface area contributed by atoms with Gasteiger partial charge in [-0.1, -0.05) is 25.2 Å². The average molecular weight is 439 g/mol. The second-order valence-electron chi connectivity index (χ2n) is 4.93. The van der Waals surface area contributed by atoms with Crippen molar-refractivity contribution in [3.63, 3.8) is 0 Å². The Morgan fingerprint density at radius 2 is 2.05 bits per heavy atom. The Balaban J connectivity index is 1.83. The van der Waals surface area contributed by atoms with Crippen molar-refractivity contribution in [2.75, 3.05) is 13.1 Å². The van der Waals surface area contributed by atoms with Crippen molar-refractivity contribution in [1.29, 1.82) is 0 Å². The fraction of sp³-hybridized carbons (Fsp3) is 0.538. The largest absolute Gasteiger partial charge is 0.316 e. The van der Waals surface area contributed by atoms with Crippen LogP contribution in [0.25, 0.3) is 9.88 Å². The Morgan fingerprint density at radius 3 is 2.70 bits per heavy atom. The monoisotopic (exact) mass is 437 g/mol. The van der Waals surface area contributed by atoms with Crippen LogP contribution in [0.5, 0.6) is 0 Å². The van der Waals surface area contributed by atoms with E-state index >= 15 is 0 Å². The summed E-state index contributed by atoms with van der Waals surface area (Å²) in [7, 11) is 0. The highest BCUT2D eigenvalue weighted by Crippen LogP contribution is 2.39. The van der Waals surface area contributed by atoms with Crippen LogP contribution in [0.4, 0.5) is 0 Å². The summed E-state index contributed by atoms with van der Waals surface area (Å²) in [5.41, 5.74) is 0. The average Bonchev–Trinajstić information content (AvgIpc) is 2.97. The minimum Gasteiger partial charge on any atom is -0.316 e. The minimum absolute atomic E-state index is 0.707. The Bertz CT molecular complexity index is 532. The first-order valence-electron chi connectivity index (χ1n) is 6.54. The summed E-state index contributed by atoms with van der Waals surface area (Å²) >= 11 is 10.4. The number of thiophene rings is 1. The van der Waals surface area contributed by atoms with Crippen molar-refractivity contribution < 1.29 is 0 Å². The molecule has 0 aliphatic rings. The van der Waals surface area contributed by atoms with Gasteiger partial charge in [-0.05, 0) is 63.4 Å². The maximum Gasteiger partial charge on any atom is 0.157 e. The van der Waals surface area contributed by atoms with Gasteiger partial charge in [-0.15, -0.1) is 21.5 Å². The van der Waals surface area contributed by atoms with Gasteiger partial charge in [0.25, 0.3) is 0 Å². The van der Waals surface area contributed by atoms with Gasteiger partial charge in [0.05, 0.1) is 8.66 Å². The van der Waals surface area contributed by atoms with Gasteiger partial charge >= 0.3 is 0 Å². The lowest BCUT2D eigenvalue weighted by Gasteiger charge is -2.05. The van der Waals surface area contributed by atoms with Crippen LogP contribution in [0.15, 0.2) is 14.3 Å². The number of aryl methyl sites for hydroxylation is 1. The van der Waals surface area contributed by atoms with E-state index in [-0.39, 0.29) is 0 Å². The molecule has 2 heterocycles. The zero-order valence-electron chi connectivity index (χ0n) is 11.4. The summed E-state index contributed by atoms with van der Waals surface area (Å²) in [5.74, 6) is 0.707. The lowest BCUT2D eigenvalue weighted by Crippen LogP contribution is -2.21. The minimum atomic E-state index is 0.707. The van der Waals surface area contributed by atoms with Gasteiger partial charge in [0, 0.05) is 10.9 Å². The molecular weight excluding hydrogens is 422 g/mol. The molecule has 20 heavy (non-hydrogen) atoms. The maximum absolute atomic E-state index is 4.28. The molecule has 0 aromatic carbocycles. The highest BCUT2D eigenvalue weighted by atomic mass is 79.9. The topological polar surface area (TPSA) is 37.8 Å².